The Labute approximate surface area is 276 Å². The number of fused-ring (bicyclic) bond motifs is 2. The number of benzene rings is 4. The number of para-hydroxylation sites is 1. The Bertz CT molecular complexity index is 2010. The van der Waals surface area contributed by atoms with Crippen LogP contribution in [0, 0.1) is 26.7 Å². The van der Waals surface area contributed by atoms with Crippen molar-refractivity contribution in [2.75, 3.05) is 0 Å². The minimum absolute atomic E-state index is 0.0817. The molecule has 4 unspecified atom stereocenters. The molecule has 0 spiro atoms. The molecule has 0 N–H and O–H groups in total. The van der Waals surface area contributed by atoms with Crippen molar-refractivity contribution >= 4 is 37.1 Å². The Morgan fingerprint density at radius 1 is 0.696 bits per heavy atom. The SMILES string of the molecule is CC1=CC=C=C=C1P(c1cccc2c1OC1C(P(c3ccccc3)c3ccccc3C)=CC=CC1C2(C)C)c1c(C)cccc1C. The van der Waals surface area contributed by atoms with Crippen molar-refractivity contribution in [2.24, 2.45) is 5.92 Å². The lowest BCUT2D eigenvalue weighted by Gasteiger charge is -2.48. The van der Waals surface area contributed by atoms with E-state index in [4.69, 9.17) is 4.74 Å². The van der Waals surface area contributed by atoms with Crippen molar-refractivity contribution in [1.82, 2.24) is 0 Å². The van der Waals surface area contributed by atoms with E-state index in [1.807, 2.05) is 6.08 Å². The molecule has 2 aliphatic carbocycles. The van der Waals surface area contributed by atoms with Crippen molar-refractivity contribution in [2.45, 2.75) is 53.1 Å². The van der Waals surface area contributed by atoms with Gasteiger partial charge in [-0.15, -0.1) is 0 Å². The quantitative estimate of drug-likeness (QED) is 0.152. The van der Waals surface area contributed by atoms with Gasteiger partial charge in [-0.05, 0) is 85.9 Å². The summed E-state index contributed by atoms with van der Waals surface area (Å²) in [5.41, 5.74) is 13.2. The first-order valence-corrected chi connectivity index (χ1v) is 18.8. The Balaban J connectivity index is 1.44. The zero-order chi connectivity index (χ0) is 32.0. The van der Waals surface area contributed by atoms with E-state index in [-0.39, 0.29) is 17.4 Å². The zero-order valence-electron chi connectivity index (χ0n) is 27.5. The van der Waals surface area contributed by atoms with Gasteiger partial charge in [0.1, 0.15) is 11.9 Å². The van der Waals surface area contributed by atoms with Crippen LogP contribution in [-0.4, -0.2) is 6.10 Å². The predicted molar refractivity (Wildman–Crippen MR) is 199 cm³/mol. The number of rotatable bonds is 6. The molecule has 7 rings (SSSR count). The summed E-state index contributed by atoms with van der Waals surface area (Å²) in [6, 6.07) is 33.5. The fourth-order valence-electron chi connectivity index (χ4n) is 7.26. The molecule has 0 fully saturated rings. The second kappa shape index (κ2) is 12.3. The van der Waals surface area contributed by atoms with E-state index >= 15 is 0 Å². The van der Waals surface area contributed by atoms with E-state index in [0.717, 1.165) is 5.75 Å². The van der Waals surface area contributed by atoms with Crippen LogP contribution in [0.25, 0.3) is 0 Å². The third-order valence-corrected chi connectivity index (χ3v) is 15.3. The highest BCUT2D eigenvalue weighted by Crippen LogP contribution is 2.58. The van der Waals surface area contributed by atoms with Crippen LogP contribution in [0.2, 0.25) is 0 Å². The summed E-state index contributed by atoms with van der Waals surface area (Å²) in [4.78, 5) is 0. The van der Waals surface area contributed by atoms with Gasteiger partial charge in [0.05, 0.1) is 0 Å². The van der Waals surface area contributed by atoms with Crippen LogP contribution in [-0.2, 0) is 5.41 Å². The van der Waals surface area contributed by atoms with Crippen LogP contribution in [0.3, 0.4) is 0 Å². The maximum absolute atomic E-state index is 7.51. The van der Waals surface area contributed by atoms with E-state index in [9.17, 15) is 0 Å². The molecule has 3 heteroatoms. The van der Waals surface area contributed by atoms with Gasteiger partial charge in [0.25, 0.3) is 0 Å². The highest BCUT2D eigenvalue weighted by atomic mass is 31.1. The molecule has 0 amide bonds. The number of hydrogen-bond donors (Lipinski definition) is 0. The molecule has 0 bridgehead atoms. The minimum Gasteiger partial charge on any atom is -0.484 e. The van der Waals surface area contributed by atoms with Crippen molar-refractivity contribution in [3.63, 3.8) is 0 Å². The third-order valence-electron chi connectivity index (χ3n) is 9.71. The molecule has 1 aliphatic heterocycles. The van der Waals surface area contributed by atoms with Gasteiger partial charge in [-0.1, -0.05) is 135 Å². The summed E-state index contributed by atoms with van der Waals surface area (Å²) >= 11 is 0. The maximum Gasteiger partial charge on any atom is 0.132 e. The second-order valence-corrected chi connectivity index (χ2v) is 17.3. The lowest BCUT2D eigenvalue weighted by molar-refractivity contribution is 0.121. The monoisotopic (exact) mass is 634 g/mol. The lowest BCUT2D eigenvalue weighted by Crippen LogP contribution is -2.47. The first kappa shape index (κ1) is 30.7. The molecule has 0 saturated carbocycles. The van der Waals surface area contributed by atoms with Crippen LogP contribution in [0.15, 0.2) is 149 Å². The normalized spacial score (nSPS) is 20.4. The molecular weight excluding hydrogens is 594 g/mol. The van der Waals surface area contributed by atoms with E-state index in [1.165, 1.54) is 59.7 Å². The van der Waals surface area contributed by atoms with Crippen LogP contribution in [0.4, 0.5) is 0 Å². The summed E-state index contributed by atoms with van der Waals surface area (Å²) in [6.07, 6.45) is 11.1. The highest BCUT2D eigenvalue weighted by Gasteiger charge is 2.48. The van der Waals surface area contributed by atoms with Crippen LogP contribution in [0.5, 0.6) is 5.75 Å². The first-order valence-electron chi connectivity index (χ1n) is 16.1. The van der Waals surface area contributed by atoms with Gasteiger partial charge in [0, 0.05) is 40.8 Å². The zero-order valence-corrected chi connectivity index (χ0v) is 29.3. The molecule has 4 aromatic rings. The molecule has 1 nitrogen and oxygen atoms in total. The molecule has 1 heterocycles. The Morgan fingerprint density at radius 3 is 2.11 bits per heavy atom. The van der Waals surface area contributed by atoms with Gasteiger partial charge in [-0.3, -0.25) is 0 Å². The van der Waals surface area contributed by atoms with Crippen LogP contribution < -0.4 is 26.0 Å². The standard InChI is InChI=1S/C43H40OP2/c1-29-17-10-12-25-36(29)45(33-21-8-7-9-22-33)38-27-15-23-34-40(38)44-41-35(43(34,5)6)24-16-28-39(41)46(37-26-13-11-18-30(37)2)42-31(3)19-14-20-32(42)4/h7-12,14-25,27-28,34,40H,1-6H3. The lowest BCUT2D eigenvalue weighted by atomic mass is 9.68. The topological polar surface area (TPSA) is 9.23 Å². The van der Waals surface area contributed by atoms with Crippen LogP contribution in [0.1, 0.15) is 43.0 Å². The smallest absolute Gasteiger partial charge is 0.132 e. The Kier molecular flexibility index (Phi) is 8.24. The number of ether oxygens (including phenoxy) is 1. The van der Waals surface area contributed by atoms with E-state index < -0.39 is 15.8 Å². The summed E-state index contributed by atoms with van der Waals surface area (Å²) in [7, 11) is -1.77. The van der Waals surface area contributed by atoms with Gasteiger partial charge in [-0.2, -0.15) is 0 Å². The van der Waals surface area contributed by atoms with E-state index in [2.05, 4.69) is 168 Å². The molecule has 3 aliphatic rings. The summed E-state index contributed by atoms with van der Waals surface area (Å²) < 4.78 is 7.51. The maximum atomic E-state index is 7.51. The Hall–Kier alpha value is -3.94. The number of aryl methyl sites for hydroxylation is 3. The molecule has 4 aromatic carbocycles. The predicted octanol–water partition coefficient (Wildman–Crippen LogP) is 9.44. The highest BCUT2D eigenvalue weighted by molar-refractivity contribution is 7.77. The fraction of sp³-hybridized carbons (Fsp3) is 0.209. The second-order valence-electron chi connectivity index (χ2n) is 13.1. The summed E-state index contributed by atoms with van der Waals surface area (Å²) in [6.45, 7) is 13.8. The minimum atomic E-state index is -0.956. The van der Waals surface area contributed by atoms with Crippen LogP contribution >= 0.6 is 15.8 Å². The average Bonchev–Trinajstić information content (AvgIpc) is 3.05. The van der Waals surface area contributed by atoms with Gasteiger partial charge < -0.3 is 4.74 Å². The van der Waals surface area contributed by atoms with Crippen molar-refractivity contribution in [3.8, 4) is 5.75 Å². The van der Waals surface area contributed by atoms with Gasteiger partial charge >= 0.3 is 0 Å². The molecule has 228 valence electrons. The Morgan fingerprint density at radius 2 is 1.37 bits per heavy atom. The van der Waals surface area contributed by atoms with E-state index in [0.29, 0.717) is 0 Å². The molecule has 0 saturated heterocycles. The van der Waals surface area contributed by atoms with Gasteiger partial charge in [0.2, 0.25) is 0 Å². The fourth-order valence-corrected chi connectivity index (χ4v) is 12.7. The summed E-state index contributed by atoms with van der Waals surface area (Å²) in [5, 5.41) is 8.01. The first-order chi connectivity index (χ1) is 22.3. The molecule has 4 atom stereocenters. The van der Waals surface area contributed by atoms with Crippen molar-refractivity contribution in [3.05, 3.63) is 171 Å². The van der Waals surface area contributed by atoms with Crippen molar-refractivity contribution in [1.29, 1.82) is 0 Å². The van der Waals surface area contributed by atoms with Crippen molar-refractivity contribution < 1.29 is 4.74 Å². The average molecular weight is 635 g/mol. The molecule has 46 heavy (non-hydrogen) atoms. The molecule has 0 aromatic heterocycles. The van der Waals surface area contributed by atoms with E-state index in [1.54, 1.807) is 0 Å². The van der Waals surface area contributed by atoms with Gasteiger partial charge in [-0.25, -0.2) is 0 Å². The molecule has 0 radical (unpaired) electrons. The number of allylic oxidation sites excluding steroid dienone is 6. The largest absolute Gasteiger partial charge is 0.484 e. The number of hydrogen-bond acceptors (Lipinski definition) is 1. The van der Waals surface area contributed by atoms with Gasteiger partial charge in [0.15, 0.2) is 0 Å². The molecular formula is C43H40OP2. The summed E-state index contributed by atoms with van der Waals surface area (Å²) in [5.74, 6) is 1.26. The third kappa shape index (κ3) is 5.23.